The van der Waals surface area contributed by atoms with E-state index in [0.717, 1.165) is 42.9 Å². The molecule has 0 radical (unpaired) electrons. The summed E-state index contributed by atoms with van der Waals surface area (Å²) in [5.41, 5.74) is 6.84. The lowest BCUT2D eigenvalue weighted by Crippen LogP contribution is -2.32. The van der Waals surface area contributed by atoms with Gasteiger partial charge in [-0.25, -0.2) is 0 Å². The van der Waals surface area contributed by atoms with Crippen molar-refractivity contribution in [2.75, 3.05) is 19.8 Å². The molecule has 2 heterocycles. The van der Waals surface area contributed by atoms with Crippen LogP contribution in [0.1, 0.15) is 44.2 Å². The van der Waals surface area contributed by atoms with Gasteiger partial charge in [-0.05, 0) is 32.3 Å². The van der Waals surface area contributed by atoms with Crippen LogP contribution in [0.2, 0.25) is 0 Å². The first-order valence-electron chi connectivity index (χ1n) is 8.10. The average molecular weight is 341 g/mol. The monoisotopic (exact) mass is 340 g/mol. The number of likely N-dealkylation sites (tertiary alicyclic amines) is 1. The lowest BCUT2D eigenvalue weighted by atomic mass is 10.0. The molecule has 3 rings (SSSR count). The Balaban J connectivity index is 0.00000192. The first-order chi connectivity index (χ1) is 10.7. The van der Waals surface area contributed by atoms with Crippen LogP contribution < -0.4 is 15.2 Å². The van der Waals surface area contributed by atoms with E-state index in [4.69, 9.17) is 15.2 Å². The molecule has 2 N–H and O–H groups in total. The third kappa shape index (κ3) is 3.90. The number of rotatable bonds is 4. The van der Waals surface area contributed by atoms with Crippen LogP contribution in [0, 0.1) is 0 Å². The van der Waals surface area contributed by atoms with Gasteiger partial charge in [-0.3, -0.25) is 4.79 Å². The minimum absolute atomic E-state index is 0. The molecule has 2 aliphatic heterocycles. The summed E-state index contributed by atoms with van der Waals surface area (Å²) in [6.07, 6.45) is 3.25. The van der Waals surface area contributed by atoms with Gasteiger partial charge in [-0.2, -0.15) is 0 Å². The molecule has 23 heavy (non-hydrogen) atoms. The number of benzene rings is 1. The number of carbonyl (C=O) groups excluding carboxylic acids is 1. The molecule has 0 bridgehead atoms. The van der Waals surface area contributed by atoms with Crippen LogP contribution in [0.25, 0.3) is 0 Å². The third-order valence-corrected chi connectivity index (χ3v) is 4.34. The van der Waals surface area contributed by atoms with Crippen molar-refractivity contribution in [3.8, 4) is 11.5 Å². The minimum atomic E-state index is 0. The lowest BCUT2D eigenvalue weighted by molar-refractivity contribution is -0.132. The summed E-state index contributed by atoms with van der Waals surface area (Å²) in [5.74, 6) is 1.79. The standard InChI is InChI=1S/C17H24N2O3.ClH/c1-12(18)7-8-16(20)19-9-3-5-14(19)13-4-2-6-15-17(13)22-11-10-21-15;/h2,4,6,12,14H,3,5,7-11,18H2,1H3;1H. The molecule has 6 heteroatoms. The largest absolute Gasteiger partial charge is 0.486 e. The second-order valence-electron chi connectivity index (χ2n) is 6.13. The maximum atomic E-state index is 12.5. The highest BCUT2D eigenvalue weighted by atomic mass is 35.5. The maximum absolute atomic E-state index is 12.5. The number of hydrogen-bond acceptors (Lipinski definition) is 4. The fourth-order valence-corrected chi connectivity index (χ4v) is 3.24. The molecule has 5 nitrogen and oxygen atoms in total. The first-order valence-corrected chi connectivity index (χ1v) is 8.10. The van der Waals surface area contributed by atoms with Gasteiger partial charge in [0.25, 0.3) is 0 Å². The molecule has 0 spiro atoms. The van der Waals surface area contributed by atoms with Gasteiger partial charge in [-0.15, -0.1) is 12.4 Å². The van der Waals surface area contributed by atoms with Crippen LogP contribution in [-0.4, -0.2) is 36.6 Å². The zero-order valence-corrected chi connectivity index (χ0v) is 14.3. The Kier molecular flexibility index (Phi) is 6.13. The van der Waals surface area contributed by atoms with Crippen molar-refractivity contribution in [2.45, 2.75) is 44.7 Å². The van der Waals surface area contributed by atoms with Crippen molar-refractivity contribution in [1.29, 1.82) is 0 Å². The first kappa shape index (κ1) is 17.9. The number of fused-ring (bicyclic) bond motifs is 1. The zero-order chi connectivity index (χ0) is 15.5. The predicted molar refractivity (Wildman–Crippen MR) is 91.3 cm³/mol. The maximum Gasteiger partial charge on any atom is 0.223 e. The van der Waals surface area contributed by atoms with E-state index in [1.807, 2.05) is 24.0 Å². The molecule has 1 amide bonds. The van der Waals surface area contributed by atoms with Gasteiger partial charge in [0.15, 0.2) is 11.5 Å². The van der Waals surface area contributed by atoms with Gasteiger partial charge in [-0.1, -0.05) is 12.1 Å². The van der Waals surface area contributed by atoms with Gasteiger partial charge in [0, 0.05) is 24.6 Å². The summed E-state index contributed by atoms with van der Waals surface area (Å²) in [4.78, 5) is 14.5. The van der Waals surface area contributed by atoms with Crippen molar-refractivity contribution in [1.82, 2.24) is 4.90 Å². The number of carbonyl (C=O) groups is 1. The van der Waals surface area contributed by atoms with Gasteiger partial charge < -0.3 is 20.1 Å². The molecule has 1 aromatic carbocycles. The van der Waals surface area contributed by atoms with Crippen molar-refractivity contribution in [2.24, 2.45) is 5.73 Å². The second kappa shape index (κ2) is 7.88. The zero-order valence-electron chi connectivity index (χ0n) is 13.5. The van der Waals surface area contributed by atoms with Crippen molar-refractivity contribution in [3.63, 3.8) is 0 Å². The third-order valence-electron chi connectivity index (χ3n) is 4.34. The molecule has 2 atom stereocenters. The van der Waals surface area contributed by atoms with E-state index in [2.05, 4.69) is 6.07 Å². The number of nitrogens with zero attached hydrogens (tertiary/aromatic N) is 1. The van der Waals surface area contributed by atoms with Crippen LogP contribution in [0.4, 0.5) is 0 Å². The Labute approximate surface area is 143 Å². The fraction of sp³-hybridized carbons (Fsp3) is 0.588. The van der Waals surface area contributed by atoms with Gasteiger partial charge >= 0.3 is 0 Å². The van der Waals surface area contributed by atoms with E-state index in [0.29, 0.717) is 19.6 Å². The van der Waals surface area contributed by atoms with Crippen LogP contribution in [-0.2, 0) is 4.79 Å². The number of ether oxygens (including phenoxy) is 2. The van der Waals surface area contributed by atoms with E-state index in [-0.39, 0.29) is 30.4 Å². The Hall–Kier alpha value is -1.46. The predicted octanol–water partition coefficient (Wildman–Crippen LogP) is 2.67. The van der Waals surface area contributed by atoms with Gasteiger partial charge in [0.1, 0.15) is 13.2 Å². The smallest absolute Gasteiger partial charge is 0.223 e. The minimum Gasteiger partial charge on any atom is -0.486 e. The molecule has 1 fully saturated rings. The Morgan fingerprint density at radius 1 is 1.39 bits per heavy atom. The van der Waals surface area contributed by atoms with Crippen LogP contribution in [0.15, 0.2) is 18.2 Å². The number of halogens is 1. The fourth-order valence-electron chi connectivity index (χ4n) is 3.24. The molecule has 1 aromatic rings. The summed E-state index contributed by atoms with van der Waals surface area (Å²) in [6.45, 7) is 3.90. The molecule has 1 saturated heterocycles. The summed E-state index contributed by atoms with van der Waals surface area (Å²) in [5, 5.41) is 0. The summed E-state index contributed by atoms with van der Waals surface area (Å²) < 4.78 is 11.5. The Morgan fingerprint density at radius 2 is 2.17 bits per heavy atom. The molecule has 0 aromatic heterocycles. The number of hydrogen-bond donors (Lipinski definition) is 1. The summed E-state index contributed by atoms with van der Waals surface area (Å²) in [7, 11) is 0. The van der Waals surface area contributed by atoms with E-state index >= 15 is 0 Å². The van der Waals surface area contributed by atoms with Crippen molar-refractivity contribution in [3.05, 3.63) is 23.8 Å². The molecular weight excluding hydrogens is 316 g/mol. The SMILES string of the molecule is CC(N)CCC(=O)N1CCCC1c1cccc2c1OCCO2.Cl. The molecule has 2 aliphatic rings. The lowest BCUT2D eigenvalue weighted by Gasteiger charge is -2.29. The topological polar surface area (TPSA) is 64.8 Å². The number of amides is 1. The summed E-state index contributed by atoms with van der Waals surface area (Å²) in [6, 6.07) is 6.11. The quantitative estimate of drug-likeness (QED) is 0.915. The second-order valence-corrected chi connectivity index (χ2v) is 6.13. The molecule has 128 valence electrons. The highest BCUT2D eigenvalue weighted by Crippen LogP contribution is 2.42. The molecular formula is C17H25ClN2O3. The molecule has 0 aliphatic carbocycles. The number of nitrogens with two attached hydrogens (primary N) is 1. The van der Waals surface area contributed by atoms with E-state index in [1.165, 1.54) is 0 Å². The van der Waals surface area contributed by atoms with Crippen LogP contribution in [0.5, 0.6) is 11.5 Å². The highest BCUT2D eigenvalue weighted by molar-refractivity contribution is 5.85. The van der Waals surface area contributed by atoms with E-state index in [9.17, 15) is 4.79 Å². The van der Waals surface area contributed by atoms with Crippen molar-refractivity contribution < 1.29 is 14.3 Å². The molecule has 2 unspecified atom stereocenters. The Morgan fingerprint density at radius 3 is 2.96 bits per heavy atom. The van der Waals surface area contributed by atoms with Crippen LogP contribution in [0.3, 0.4) is 0 Å². The van der Waals surface area contributed by atoms with E-state index in [1.54, 1.807) is 0 Å². The summed E-state index contributed by atoms with van der Waals surface area (Å²) >= 11 is 0. The average Bonchev–Trinajstić information content (AvgIpc) is 3.01. The van der Waals surface area contributed by atoms with E-state index < -0.39 is 0 Å². The number of para-hydroxylation sites is 1. The van der Waals surface area contributed by atoms with Gasteiger partial charge in [0.2, 0.25) is 5.91 Å². The van der Waals surface area contributed by atoms with Crippen molar-refractivity contribution >= 4 is 18.3 Å². The molecule has 0 saturated carbocycles. The normalized spacial score (nSPS) is 20.8. The van der Waals surface area contributed by atoms with Gasteiger partial charge in [0.05, 0.1) is 6.04 Å². The highest BCUT2D eigenvalue weighted by Gasteiger charge is 2.33. The van der Waals surface area contributed by atoms with Crippen LogP contribution >= 0.6 is 12.4 Å². The Bertz CT molecular complexity index is 551.